The monoisotopic (exact) mass is 342 g/mol. The van der Waals surface area contributed by atoms with Crippen LogP contribution in [0.1, 0.15) is 5.56 Å². The zero-order chi connectivity index (χ0) is 14.4. The lowest BCUT2D eigenvalue weighted by Gasteiger charge is -2.28. The van der Waals surface area contributed by atoms with Crippen molar-refractivity contribution in [3.05, 3.63) is 28.8 Å². The molecule has 3 heterocycles. The van der Waals surface area contributed by atoms with Gasteiger partial charge in [0.05, 0.1) is 5.92 Å². The fourth-order valence-corrected chi connectivity index (χ4v) is 4.01. The number of carbonyl (C=O) groups excluding carboxylic acids is 1. The molecule has 0 aromatic heterocycles. The summed E-state index contributed by atoms with van der Waals surface area (Å²) in [7, 11) is 0. The van der Waals surface area contributed by atoms with Crippen LogP contribution in [0.25, 0.3) is 0 Å². The van der Waals surface area contributed by atoms with Crippen LogP contribution in [0.2, 0.25) is 5.02 Å². The van der Waals surface area contributed by atoms with Crippen LogP contribution in [0, 0.1) is 17.8 Å². The number of ether oxygens (including phenoxy) is 1. The van der Waals surface area contributed by atoms with Gasteiger partial charge in [-0.1, -0.05) is 11.6 Å². The first-order valence-corrected chi connectivity index (χ1v) is 7.99. The van der Waals surface area contributed by atoms with Crippen LogP contribution in [0.15, 0.2) is 18.2 Å². The van der Waals surface area contributed by atoms with Crippen molar-refractivity contribution in [3.8, 4) is 5.75 Å². The summed E-state index contributed by atoms with van der Waals surface area (Å²) in [5, 5.41) is 4.11. The van der Waals surface area contributed by atoms with E-state index in [9.17, 15) is 4.79 Å². The van der Waals surface area contributed by atoms with Crippen molar-refractivity contribution in [2.24, 2.45) is 17.8 Å². The molecule has 6 heteroatoms. The van der Waals surface area contributed by atoms with Gasteiger partial charge in [0.25, 0.3) is 0 Å². The SMILES string of the molecule is Cl.O=C(C1COc2ccc(Cl)cc2C1)N1C[C@H]2CNC[C@H]2C1. The van der Waals surface area contributed by atoms with Crippen molar-refractivity contribution < 1.29 is 9.53 Å². The molecule has 1 N–H and O–H groups in total. The molecule has 0 bridgehead atoms. The maximum absolute atomic E-state index is 12.7. The second-order valence-electron chi connectivity index (χ2n) is 6.39. The highest BCUT2D eigenvalue weighted by molar-refractivity contribution is 6.30. The van der Waals surface area contributed by atoms with Gasteiger partial charge in [-0.3, -0.25) is 4.79 Å². The molecule has 2 saturated heterocycles. The van der Waals surface area contributed by atoms with Gasteiger partial charge in [-0.05, 0) is 42.0 Å². The van der Waals surface area contributed by atoms with Gasteiger partial charge in [0.15, 0.2) is 0 Å². The third-order valence-electron chi connectivity index (χ3n) is 4.98. The van der Waals surface area contributed by atoms with Gasteiger partial charge in [0.1, 0.15) is 12.4 Å². The van der Waals surface area contributed by atoms with E-state index >= 15 is 0 Å². The highest BCUT2D eigenvalue weighted by atomic mass is 35.5. The minimum atomic E-state index is -0.0669. The molecule has 4 nitrogen and oxygen atoms in total. The van der Waals surface area contributed by atoms with E-state index in [2.05, 4.69) is 5.32 Å². The fraction of sp³-hybridized carbons (Fsp3) is 0.562. The van der Waals surface area contributed by atoms with Crippen LogP contribution >= 0.6 is 24.0 Å². The summed E-state index contributed by atoms with van der Waals surface area (Å²) in [6.07, 6.45) is 0.735. The van der Waals surface area contributed by atoms with Gasteiger partial charge in [0.2, 0.25) is 5.91 Å². The van der Waals surface area contributed by atoms with E-state index in [1.807, 2.05) is 23.1 Å². The van der Waals surface area contributed by atoms with Crippen molar-refractivity contribution in [3.63, 3.8) is 0 Å². The highest BCUT2D eigenvalue weighted by Crippen LogP contribution is 2.32. The van der Waals surface area contributed by atoms with E-state index in [1.165, 1.54) is 0 Å². The lowest BCUT2D eigenvalue weighted by Crippen LogP contribution is -2.40. The molecule has 3 aliphatic rings. The third kappa shape index (κ3) is 2.80. The maximum Gasteiger partial charge on any atom is 0.229 e. The van der Waals surface area contributed by atoms with Crippen molar-refractivity contribution in [2.75, 3.05) is 32.8 Å². The smallest absolute Gasteiger partial charge is 0.229 e. The number of nitrogens with one attached hydrogen (secondary N) is 1. The molecule has 2 fully saturated rings. The minimum absolute atomic E-state index is 0. The number of hydrogen-bond donors (Lipinski definition) is 1. The number of rotatable bonds is 1. The normalized spacial score (nSPS) is 29.3. The molecule has 1 aromatic carbocycles. The van der Waals surface area contributed by atoms with E-state index in [-0.39, 0.29) is 24.2 Å². The molecule has 3 aliphatic heterocycles. The molecule has 3 atom stereocenters. The number of likely N-dealkylation sites (tertiary alicyclic amines) is 1. The third-order valence-corrected chi connectivity index (χ3v) is 5.21. The first-order valence-electron chi connectivity index (χ1n) is 7.61. The molecular formula is C16H20Cl2N2O2. The molecule has 0 aliphatic carbocycles. The summed E-state index contributed by atoms with van der Waals surface area (Å²) in [5.74, 6) is 2.32. The van der Waals surface area contributed by atoms with E-state index in [0.717, 1.165) is 43.9 Å². The first-order chi connectivity index (χ1) is 10.2. The fourth-order valence-electron chi connectivity index (χ4n) is 3.82. The van der Waals surface area contributed by atoms with Crippen LogP contribution in [0.5, 0.6) is 5.75 Å². The Morgan fingerprint density at radius 1 is 1.27 bits per heavy atom. The summed E-state index contributed by atoms with van der Waals surface area (Å²) in [4.78, 5) is 14.8. The average Bonchev–Trinajstić information content (AvgIpc) is 3.06. The van der Waals surface area contributed by atoms with Crippen molar-refractivity contribution in [1.82, 2.24) is 10.2 Å². The van der Waals surface area contributed by atoms with Crippen LogP contribution < -0.4 is 10.1 Å². The number of fused-ring (bicyclic) bond motifs is 2. The zero-order valence-corrected chi connectivity index (χ0v) is 13.8. The van der Waals surface area contributed by atoms with Gasteiger partial charge in [0, 0.05) is 31.2 Å². The number of carbonyl (C=O) groups is 1. The molecule has 22 heavy (non-hydrogen) atoms. The minimum Gasteiger partial charge on any atom is -0.492 e. The van der Waals surface area contributed by atoms with Crippen LogP contribution in [0.4, 0.5) is 0 Å². The molecule has 0 radical (unpaired) electrons. The Morgan fingerprint density at radius 2 is 2.00 bits per heavy atom. The first kappa shape index (κ1) is 15.9. The van der Waals surface area contributed by atoms with E-state index in [1.54, 1.807) is 0 Å². The molecule has 1 unspecified atom stereocenters. The lowest BCUT2D eigenvalue weighted by atomic mass is 9.95. The Labute approximate surface area is 141 Å². The summed E-state index contributed by atoms with van der Waals surface area (Å²) in [5.41, 5.74) is 1.05. The predicted octanol–water partition coefficient (Wildman–Crippen LogP) is 1.99. The maximum atomic E-state index is 12.7. The van der Waals surface area contributed by atoms with E-state index in [0.29, 0.717) is 23.5 Å². The van der Waals surface area contributed by atoms with Gasteiger partial charge < -0.3 is 15.0 Å². The second kappa shape index (κ2) is 6.26. The number of nitrogens with zero attached hydrogens (tertiary/aromatic N) is 1. The summed E-state index contributed by atoms with van der Waals surface area (Å²) >= 11 is 6.04. The molecule has 120 valence electrons. The number of benzene rings is 1. The Morgan fingerprint density at radius 3 is 2.73 bits per heavy atom. The average molecular weight is 343 g/mol. The van der Waals surface area contributed by atoms with E-state index < -0.39 is 0 Å². The van der Waals surface area contributed by atoms with Gasteiger partial charge in [-0.15, -0.1) is 12.4 Å². The molecule has 0 saturated carbocycles. The van der Waals surface area contributed by atoms with Gasteiger partial charge in [-0.25, -0.2) is 0 Å². The number of amides is 1. The second-order valence-corrected chi connectivity index (χ2v) is 6.82. The number of hydrogen-bond acceptors (Lipinski definition) is 3. The quantitative estimate of drug-likeness (QED) is 0.848. The Bertz CT molecular complexity index is 569. The largest absolute Gasteiger partial charge is 0.492 e. The molecule has 0 spiro atoms. The van der Waals surface area contributed by atoms with Crippen molar-refractivity contribution in [2.45, 2.75) is 6.42 Å². The number of halogens is 2. The molecule has 1 amide bonds. The highest BCUT2D eigenvalue weighted by Gasteiger charge is 2.40. The summed E-state index contributed by atoms with van der Waals surface area (Å²) in [6, 6.07) is 5.64. The summed E-state index contributed by atoms with van der Waals surface area (Å²) < 4.78 is 5.75. The van der Waals surface area contributed by atoms with Gasteiger partial charge in [-0.2, -0.15) is 0 Å². The van der Waals surface area contributed by atoms with Crippen LogP contribution in [-0.4, -0.2) is 43.6 Å². The molecule has 4 rings (SSSR count). The van der Waals surface area contributed by atoms with Crippen molar-refractivity contribution in [1.29, 1.82) is 0 Å². The zero-order valence-electron chi connectivity index (χ0n) is 12.3. The predicted molar refractivity (Wildman–Crippen MR) is 87.8 cm³/mol. The van der Waals surface area contributed by atoms with Crippen LogP contribution in [-0.2, 0) is 11.2 Å². The molecule has 1 aromatic rings. The Balaban J connectivity index is 0.00000144. The Hall–Kier alpha value is -0.970. The van der Waals surface area contributed by atoms with E-state index in [4.69, 9.17) is 16.3 Å². The lowest BCUT2D eigenvalue weighted by molar-refractivity contribution is -0.136. The topological polar surface area (TPSA) is 41.6 Å². The van der Waals surface area contributed by atoms with Crippen molar-refractivity contribution >= 4 is 29.9 Å². The van der Waals surface area contributed by atoms with Crippen LogP contribution in [0.3, 0.4) is 0 Å². The summed E-state index contributed by atoms with van der Waals surface area (Å²) in [6.45, 7) is 4.38. The molecular weight excluding hydrogens is 323 g/mol. The standard InChI is InChI=1S/C16H19ClN2O2.ClH/c17-14-1-2-15-10(4-14)3-11(9-21-15)16(20)19-7-12-5-18-6-13(12)8-19;/h1-2,4,11-13,18H,3,5-9H2;1H/t11?,12-,13+;. The van der Waals surface area contributed by atoms with Gasteiger partial charge >= 0.3 is 0 Å². The Kier molecular flexibility index (Phi) is 4.53.